The van der Waals surface area contributed by atoms with Gasteiger partial charge in [-0.1, -0.05) is 0 Å². The Morgan fingerprint density at radius 2 is 2.43 bits per heavy atom. The lowest BCUT2D eigenvalue weighted by molar-refractivity contribution is 0.265. The van der Waals surface area contributed by atoms with Crippen molar-refractivity contribution in [1.29, 1.82) is 0 Å². The minimum absolute atomic E-state index is 0.185. The van der Waals surface area contributed by atoms with Crippen molar-refractivity contribution in [2.24, 2.45) is 0 Å². The van der Waals surface area contributed by atoms with E-state index in [2.05, 4.69) is 5.32 Å². The average Bonchev–Trinajstić information content (AvgIpc) is 2.19. The number of hydrogen-bond donors (Lipinski definition) is 1. The highest BCUT2D eigenvalue weighted by Crippen LogP contribution is 2.33. The number of benzene rings is 1. The van der Waals surface area contributed by atoms with Crippen LogP contribution in [0.4, 0.5) is 4.39 Å². The van der Waals surface area contributed by atoms with Gasteiger partial charge in [0.25, 0.3) is 0 Å². The molecule has 2 rings (SSSR count). The molecule has 0 bridgehead atoms. The Hall–Kier alpha value is -1.09. The first kappa shape index (κ1) is 9.46. The first-order valence-electron chi connectivity index (χ1n) is 4.88. The number of rotatable bonds is 2. The monoisotopic (exact) mass is 195 g/mol. The van der Waals surface area contributed by atoms with Gasteiger partial charge in [-0.15, -0.1) is 0 Å². The second-order valence-corrected chi connectivity index (χ2v) is 3.57. The molecule has 1 heterocycles. The number of hydrogen-bond acceptors (Lipinski definition) is 2. The number of ether oxygens (including phenoxy) is 1. The third-order valence-corrected chi connectivity index (χ3v) is 2.59. The summed E-state index contributed by atoms with van der Waals surface area (Å²) in [6.07, 6.45) is 0.956. The normalized spacial score (nSPS) is 20.0. The molecule has 14 heavy (non-hydrogen) atoms. The molecule has 1 atom stereocenters. The van der Waals surface area contributed by atoms with E-state index in [1.807, 2.05) is 7.05 Å². The van der Waals surface area contributed by atoms with Crippen molar-refractivity contribution >= 4 is 0 Å². The van der Waals surface area contributed by atoms with E-state index >= 15 is 0 Å². The van der Waals surface area contributed by atoms with Gasteiger partial charge in [-0.3, -0.25) is 0 Å². The van der Waals surface area contributed by atoms with Gasteiger partial charge in [0.15, 0.2) is 0 Å². The zero-order valence-electron chi connectivity index (χ0n) is 8.22. The molecule has 3 heteroatoms. The van der Waals surface area contributed by atoms with Gasteiger partial charge in [0, 0.05) is 18.0 Å². The van der Waals surface area contributed by atoms with E-state index in [0.717, 1.165) is 30.9 Å². The molecule has 1 aromatic rings. The van der Waals surface area contributed by atoms with Crippen molar-refractivity contribution in [2.45, 2.75) is 12.3 Å². The van der Waals surface area contributed by atoms with Crippen LogP contribution in [0.2, 0.25) is 0 Å². The highest BCUT2D eigenvalue weighted by atomic mass is 19.1. The van der Waals surface area contributed by atoms with Crippen LogP contribution >= 0.6 is 0 Å². The molecule has 0 aromatic heterocycles. The number of nitrogens with one attached hydrogen (secondary N) is 1. The molecular formula is C11H14FNO. The van der Waals surface area contributed by atoms with Crippen LogP contribution in [0.15, 0.2) is 18.2 Å². The minimum atomic E-state index is -0.185. The second kappa shape index (κ2) is 3.96. The van der Waals surface area contributed by atoms with Gasteiger partial charge in [0.1, 0.15) is 11.6 Å². The van der Waals surface area contributed by atoms with Crippen LogP contribution in [-0.2, 0) is 0 Å². The van der Waals surface area contributed by atoms with E-state index in [0.29, 0.717) is 5.92 Å². The maximum absolute atomic E-state index is 13.0. The molecule has 0 saturated heterocycles. The van der Waals surface area contributed by atoms with E-state index in [4.69, 9.17) is 4.74 Å². The summed E-state index contributed by atoms with van der Waals surface area (Å²) in [6, 6.07) is 4.74. The summed E-state index contributed by atoms with van der Waals surface area (Å²) in [7, 11) is 1.91. The molecule has 1 unspecified atom stereocenters. The standard InChI is InChI=1S/C11H14FNO/c1-13-7-8-4-5-14-11-3-2-9(12)6-10(8)11/h2-3,6,8,13H,4-5,7H2,1H3. The Kier molecular flexibility index (Phi) is 2.68. The molecule has 0 fully saturated rings. The van der Waals surface area contributed by atoms with E-state index in [9.17, 15) is 4.39 Å². The zero-order chi connectivity index (χ0) is 9.97. The summed E-state index contributed by atoms with van der Waals surface area (Å²) < 4.78 is 18.5. The van der Waals surface area contributed by atoms with Crippen LogP contribution in [0.25, 0.3) is 0 Å². The molecule has 0 aliphatic carbocycles. The van der Waals surface area contributed by atoms with Gasteiger partial charge >= 0.3 is 0 Å². The third-order valence-electron chi connectivity index (χ3n) is 2.59. The molecule has 1 N–H and O–H groups in total. The Bertz CT molecular complexity index is 327. The maximum Gasteiger partial charge on any atom is 0.123 e. The predicted molar refractivity (Wildman–Crippen MR) is 53.2 cm³/mol. The van der Waals surface area contributed by atoms with Crippen LogP contribution in [0.5, 0.6) is 5.75 Å². The number of halogens is 1. The van der Waals surface area contributed by atoms with E-state index < -0.39 is 0 Å². The topological polar surface area (TPSA) is 21.3 Å². The highest BCUT2D eigenvalue weighted by molar-refractivity contribution is 5.38. The van der Waals surface area contributed by atoms with E-state index in [1.165, 1.54) is 6.07 Å². The third kappa shape index (κ3) is 1.73. The zero-order valence-corrected chi connectivity index (χ0v) is 8.22. The predicted octanol–water partition coefficient (Wildman–Crippen LogP) is 1.91. The summed E-state index contributed by atoms with van der Waals surface area (Å²) in [6.45, 7) is 1.60. The second-order valence-electron chi connectivity index (χ2n) is 3.57. The molecular weight excluding hydrogens is 181 g/mol. The molecule has 0 radical (unpaired) electrons. The van der Waals surface area contributed by atoms with Crippen LogP contribution in [-0.4, -0.2) is 20.2 Å². The van der Waals surface area contributed by atoms with Gasteiger partial charge < -0.3 is 10.1 Å². The van der Waals surface area contributed by atoms with Crippen LogP contribution in [0.1, 0.15) is 17.9 Å². The van der Waals surface area contributed by atoms with Crippen LogP contribution in [0, 0.1) is 5.82 Å². The van der Waals surface area contributed by atoms with Crippen molar-refractivity contribution in [2.75, 3.05) is 20.2 Å². The van der Waals surface area contributed by atoms with Crippen molar-refractivity contribution in [1.82, 2.24) is 5.32 Å². The van der Waals surface area contributed by atoms with Gasteiger partial charge in [-0.05, 0) is 31.7 Å². The fourth-order valence-corrected chi connectivity index (χ4v) is 1.89. The Morgan fingerprint density at radius 1 is 1.57 bits per heavy atom. The van der Waals surface area contributed by atoms with E-state index in [-0.39, 0.29) is 5.82 Å². The lowest BCUT2D eigenvalue weighted by Gasteiger charge is -2.25. The Labute approximate surface area is 83.1 Å². The first-order chi connectivity index (χ1) is 6.81. The molecule has 1 aromatic carbocycles. The van der Waals surface area contributed by atoms with Gasteiger partial charge in [0.05, 0.1) is 6.61 Å². The summed E-state index contributed by atoms with van der Waals surface area (Å²) in [4.78, 5) is 0. The van der Waals surface area contributed by atoms with Crippen molar-refractivity contribution in [3.63, 3.8) is 0 Å². The average molecular weight is 195 g/mol. The Balaban J connectivity index is 2.32. The van der Waals surface area contributed by atoms with Crippen molar-refractivity contribution in [3.05, 3.63) is 29.6 Å². The molecule has 0 amide bonds. The van der Waals surface area contributed by atoms with Gasteiger partial charge in [-0.2, -0.15) is 0 Å². The van der Waals surface area contributed by atoms with E-state index in [1.54, 1.807) is 12.1 Å². The fourth-order valence-electron chi connectivity index (χ4n) is 1.89. The summed E-state index contributed by atoms with van der Waals surface area (Å²) in [5.41, 5.74) is 0.991. The first-order valence-corrected chi connectivity index (χ1v) is 4.88. The number of likely N-dealkylation sites (N-methyl/N-ethyl adjacent to an activating group) is 1. The molecule has 1 aliphatic heterocycles. The quantitative estimate of drug-likeness (QED) is 0.778. The highest BCUT2D eigenvalue weighted by Gasteiger charge is 2.20. The number of fused-ring (bicyclic) bond motifs is 1. The van der Waals surface area contributed by atoms with Gasteiger partial charge in [-0.25, -0.2) is 4.39 Å². The molecule has 2 nitrogen and oxygen atoms in total. The van der Waals surface area contributed by atoms with Gasteiger partial charge in [0.2, 0.25) is 0 Å². The minimum Gasteiger partial charge on any atom is -0.493 e. The Morgan fingerprint density at radius 3 is 3.21 bits per heavy atom. The molecule has 76 valence electrons. The van der Waals surface area contributed by atoms with Crippen molar-refractivity contribution < 1.29 is 9.13 Å². The fraction of sp³-hybridized carbons (Fsp3) is 0.455. The smallest absolute Gasteiger partial charge is 0.123 e. The lowest BCUT2D eigenvalue weighted by atomic mass is 9.93. The largest absolute Gasteiger partial charge is 0.493 e. The van der Waals surface area contributed by atoms with Crippen LogP contribution < -0.4 is 10.1 Å². The molecule has 1 aliphatic rings. The summed E-state index contributed by atoms with van der Waals surface area (Å²) in [5, 5.41) is 3.12. The SMILES string of the molecule is CNCC1CCOc2ccc(F)cc21. The lowest BCUT2D eigenvalue weighted by Crippen LogP contribution is -2.23. The van der Waals surface area contributed by atoms with Crippen molar-refractivity contribution in [3.8, 4) is 5.75 Å². The maximum atomic E-state index is 13.0. The summed E-state index contributed by atoms with van der Waals surface area (Å²) in [5.74, 6) is 1.02. The van der Waals surface area contributed by atoms with Crippen LogP contribution in [0.3, 0.4) is 0 Å². The summed E-state index contributed by atoms with van der Waals surface area (Å²) >= 11 is 0. The molecule has 0 saturated carbocycles. The molecule has 0 spiro atoms.